The monoisotopic (exact) mass is 370 g/mol. The molecule has 0 saturated carbocycles. The number of carboxylic acids is 1. The Morgan fingerprint density at radius 2 is 1.88 bits per heavy atom. The summed E-state index contributed by atoms with van der Waals surface area (Å²) in [4.78, 5) is 27.0. The number of rotatable bonds is 3. The van der Waals surface area contributed by atoms with Gasteiger partial charge in [0.1, 0.15) is 0 Å². The standard InChI is InChI=1S/C18H21F3N2O3/c1-22-15(24)10-14(16(25)26)17(22)6-8-23(9-7-17)11-12-4-2-3-5-13(12)18(19,20)21/h2-5,14H,6-11H2,1H3,(H,25,26). The molecule has 2 heterocycles. The Bertz CT molecular complexity index is 712. The molecule has 0 bridgehead atoms. The molecule has 2 aliphatic rings. The minimum atomic E-state index is -4.40. The van der Waals surface area contributed by atoms with Gasteiger partial charge in [0.15, 0.2) is 0 Å². The lowest BCUT2D eigenvalue weighted by Crippen LogP contribution is -2.56. The molecule has 1 aromatic carbocycles. The lowest BCUT2D eigenvalue weighted by atomic mass is 9.77. The van der Waals surface area contributed by atoms with Crippen molar-refractivity contribution < 1.29 is 27.9 Å². The summed E-state index contributed by atoms with van der Waals surface area (Å²) >= 11 is 0. The van der Waals surface area contributed by atoms with Crippen molar-refractivity contribution in [3.05, 3.63) is 35.4 Å². The summed E-state index contributed by atoms with van der Waals surface area (Å²) in [5.74, 6) is -1.93. The van der Waals surface area contributed by atoms with E-state index in [-0.39, 0.29) is 24.4 Å². The quantitative estimate of drug-likeness (QED) is 0.889. The van der Waals surface area contributed by atoms with Gasteiger partial charge in [-0.05, 0) is 24.5 Å². The first-order valence-electron chi connectivity index (χ1n) is 8.52. The molecule has 0 aliphatic carbocycles. The molecule has 1 N–H and O–H groups in total. The molecule has 26 heavy (non-hydrogen) atoms. The number of nitrogens with zero attached hydrogens (tertiary/aromatic N) is 2. The van der Waals surface area contributed by atoms with Crippen molar-refractivity contribution in [3.63, 3.8) is 0 Å². The molecule has 0 radical (unpaired) electrons. The molecule has 1 aromatic rings. The number of aliphatic carboxylic acids is 1. The minimum absolute atomic E-state index is 0.0112. The number of hydrogen-bond acceptors (Lipinski definition) is 3. The number of alkyl halides is 3. The van der Waals surface area contributed by atoms with Gasteiger partial charge in [0, 0.05) is 33.1 Å². The molecule has 142 valence electrons. The van der Waals surface area contributed by atoms with Gasteiger partial charge in [-0.25, -0.2) is 0 Å². The first-order valence-corrected chi connectivity index (χ1v) is 8.52. The Balaban J connectivity index is 1.74. The third-order valence-corrected chi connectivity index (χ3v) is 5.81. The summed E-state index contributed by atoms with van der Waals surface area (Å²) in [6.45, 7) is 1.06. The molecule has 1 atom stereocenters. The van der Waals surface area contributed by atoms with Crippen molar-refractivity contribution in [1.29, 1.82) is 0 Å². The van der Waals surface area contributed by atoms with Crippen LogP contribution >= 0.6 is 0 Å². The first kappa shape index (κ1) is 18.7. The van der Waals surface area contributed by atoms with Gasteiger partial charge in [-0.1, -0.05) is 18.2 Å². The average molecular weight is 370 g/mol. The van der Waals surface area contributed by atoms with Gasteiger partial charge in [-0.2, -0.15) is 13.2 Å². The van der Waals surface area contributed by atoms with Crippen molar-refractivity contribution in [3.8, 4) is 0 Å². The van der Waals surface area contributed by atoms with Crippen LogP contribution in [0.4, 0.5) is 13.2 Å². The van der Waals surface area contributed by atoms with E-state index in [1.807, 2.05) is 4.90 Å². The fourth-order valence-corrected chi connectivity index (χ4v) is 4.26. The predicted molar refractivity (Wildman–Crippen MR) is 87.2 cm³/mol. The predicted octanol–water partition coefficient (Wildman–Crippen LogP) is 2.60. The van der Waals surface area contributed by atoms with Crippen LogP contribution in [0.25, 0.3) is 0 Å². The molecule has 2 fully saturated rings. The van der Waals surface area contributed by atoms with Crippen molar-refractivity contribution in [2.45, 2.75) is 37.5 Å². The van der Waals surface area contributed by atoms with Crippen LogP contribution in [0.5, 0.6) is 0 Å². The van der Waals surface area contributed by atoms with Crippen LogP contribution in [0.2, 0.25) is 0 Å². The van der Waals surface area contributed by atoms with E-state index in [1.54, 1.807) is 13.1 Å². The molecule has 8 heteroatoms. The van der Waals surface area contributed by atoms with Gasteiger partial charge in [0.2, 0.25) is 5.91 Å². The number of carbonyl (C=O) groups excluding carboxylic acids is 1. The molecule has 1 spiro atoms. The summed E-state index contributed by atoms with van der Waals surface area (Å²) in [6.07, 6.45) is -3.52. The fourth-order valence-electron chi connectivity index (χ4n) is 4.26. The van der Waals surface area contributed by atoms with Gasteiger partial charge in [0.25, 0.3) is 0 Å². The highest BCUT2D eigenvalue weighted by Gasteiger charge is 2.55. The highest BCUT2D eigenvalue weighted by molar-refractivity contribution is 5.88. The van der Waals surface area contributed by atoms with Crippen LogP contribution in [0, 0.1) is 5.92 Å². The number of piperidine rings is 1. The first-order chi connectivity index (χ1) is 12.1. The smallest absolute Gasteiger partial charge is 0.416 e. The normalized spacial score (nSPS) is 23.6. The van der Waals surface area contributed by atoms with Gasteiger partial charge < -0.3 is 10.0 Å². The molecule has 0 aromatic heterocycles. The molecule has 2 aliphatic heterocycles. The number of hydrogen-bond donors (Lipinski definition) is 1. The van der Waals surface area contributed by atoms with Crippen LogP contribution < -0.4 is 0 Å². The van der Waals surface area contributed by atoms with Gasteiger partial charge >= 0.3 is 12.1 Å². The van der Waals surface area contributed by atoms with E-state index in [0.717, 1.165) is 6.07 Å². The second-order valence-electron chi connectivity index (χ2n) is 7.08. The zero-order valence-corrected chi connectivity index (χ0v) is 14.4. The molecular formula is C18H21F3N2O3. The number of carboxylic acid groups (broad SMARTS) is 1. The number of carbonyl (C=O) groups is 2. The lowest BCUT2D eigenvalue weighted by Gasteiger charge is -2.45. The summed E-state index contributed by atoms with van der Waals surface area (Å²) in [5.41, 5.74) is -1.17. The van der Waals surface area contributed by atoms with E-state index in [0.29, 0.717) is 25.9 Å². The van der Waals surface area contributed by atoms with Crippen LogP contribution in [-0.4, -0.2) is 52.5 Å². The van der Waals surface area contributed by atoms with Crippen LogP contribution in [-0.2, 0) is 22.3 Å². The van der Waals surface area contributed by atoms with Crippen molar-refractivity contribution in [2.75, 3.05) is 20.1 Å². The topological polar surface area (TPSA) is 60.9 Å². The number of likely N-dealkylation sites (tertiary alicyclic amines) is 2. The van der Waals surface area contributed by atoms with Gasteiger partial charge in [-0.15, -0.1) is 0 Å². The van der Waals surface area contributed by atoms with E-state index in [1.165, 1.54) is 17.0 Å². The molecular weight excluding hydrogens is 349 g/mol. The average Bonchev–Trinajstić information content (AvgIpc) is 2.82. The Morgan fingerprint density at radius 1 is 1.27 bits per heavy atom. The van der Waals surface area contributed by atoms with E-state index < -0.39 is 29.2 Å². The largest absolute Gasteiger partial charge is 0.481 e. The third kappa shape index (κ3) is 3.18. The second kappa shape index (κ2) is 6.57. The van der Waals surface area contributed by atoms with Gasteiger partial charge in [-0.3, -0.25) is 14.5 Å². The van der Waals surface area contributed by atoms with Crippen molar-refractivity contribution in [2.24, 2.45) is 5.92 Å². The van der Waals surface area contributed by atoms with E-state index in [9.17, 15) is 27.9 Å². The maximum absolute atomic E-state index is 13.1. The van der Waals surface area contributed by atoms with Gasteiger partial charge in [0.05, 0.1) is 17.0 Å². The Kier molecular flexibility index (Phi) is 4.72. The summed E-state index contributed by atoms with van der Waals surface area (Å²) < 4.78 is 39.4. The Hall–Kier alpha value is -2.09. The minimum Gasteiger partial charge on any atom is -0.481 e. The van der Waals surface area contributed by atoms with Crippen molar-refractivity contribution >= 4 is 11.9 Å². The summed E-state index contributed by atoms with van der Waals surface area (Å²) in [7, 11) is 1.62. The SMILES string of the molecule is CN1C(=O)CC(C(=O)O)C12CCN(Cc1ccccc1C(F)(F)F)CC2. The Labute approximate surface area is 149 Å². The third-order valence-electron chi connectivity index (χ3n) is 5.81. The molecule has 1 unspecified atom stereocenters. The maximum atomic E-state index is 13.1. The van der Waals surface area contributed by atoms with Crippen LogP contribution in [0.15, 0.2) is 24.3 Å². The van der Waals surface area contributed by atoms with E-state index >= 15 is 0 Å². The molecule has 3 rings (SSSR count). The highest BCUT2D eigenvalue weighted by Crippen LogP contribution is 2.43. The highest BCUT2D eigenvalue weighted by atomic mass is 19.4. The van der Waals surface area contributed by atoms with Crippen LogP contribution in [0.1, 0.15) is 30.4 Å². The van der Waals surface area contributed by atoms with Crippen LogP contribution in [0.3, 0.4) is 0 Å². The number of benzene rings is 1. The summed E-state index contributed by atoms with van der Waals surface area (Å²) in [5, 5.41) is 9.48. The number of halogens is 3. The second-order valence-corrected chi connectivity index (χ2v) is 7.08. The lowest BCUT2D eigenvalue weighted by molar-refractivity contribution is -0.146. The van der Waals surface area contributed by atoms with E-state index in [4.69, 9.17) is 0 Å². The summed E-state index contributed by atoms with van der Waals surface area (Å²) in [6, 6.07) is 5.50. The fraction of sp³-hybridized carbons (Fsp3) is 0.556. The molecule has 5 nitrogen and oxygen atoms in total. The molecule has 1 amide bonds. The Morgan fingerprint density at radius 3 is 2.46 bits per heavy atom. The number of amides is 1. The molecule has 2 saturated heterocycles. The zero-order chi connectivity index (χ0) is 19.1. The van der Waals surface area contributed by atoms with E-state index in [2.05, 4.69) is 0 Å². The van der Waals surface area contributed by atoms with Crippen molar-refractivity contribution in [1.82, 2.24) is 9.80 Å². The maximum Gasteiger partial charge on any atom is 0.416 e. The zero-order valence-electron chi connectivity index (χ0n) is 14.4.